The van der Waals surface area contributed by atoms with Crippen LogP contribution < -0.4 is 10.9 Å². The fraction of sp³-hybridized carbons (Fsp3) is 0.353. The normalized spacial score (nSPS) is 16.0. The number of hydrogen-bond acceptors (Lipinski definition) is 5. The zero-order valence-corrected chi connectivity index (χ0v) is 14.0. The Morgan fingerprint density at radius 2 is 1.96 bits per heavy atom. The van der Waals surface area contributed by atoms with Crippen molar-refractivity contribution in [3.8, 4) is 0 Å². The number of anilines is 1. The van der Waals surface area contributed by atoms with Crippen LogP contribution in [-0.4, -0.2) is 31.9 Å². The van der Waals surface area contributed by atoms with Gasteiger partial charge in [0, 0.05) is 37.2 Å². The molecule has 7 heteroatoms. The van der Waals surface area contributed by atoms with Crippen LogP contribution in [0, 0.1) is 0 Å². The summed E-state index contributed by atoms with van der Waals surface area (Å²) in [5.41, 5.74) is 1.11. The van der Waals surface area contributed by atoms with E-state index in [1.165, 1.54) is 0 Å². The lowest BCUT2D eigenvalue weighted by Crippen LogP contribution is -2.29. The minimum absolute atomic E-state index is 0.156. The van der Waals surface area contributed by atoms with Crippen molar-refractivity contribution in [3.63, 3.8) is 0 Å². The van der Waals surface area contributed by atoms with E-state index in [9.17, 15) is 13.2 Å². The fourth-order valence-corrected chi connectivity index (χ4v) is 4.51. The van der Waals surface area contributed by atoms with Gasteiger partial charge in [0.05, 0.1) is 10.1 Å². The van der Waals surface area contributed by atoms with Crippen LogP contribution in [0.4, 0.5) is 5.69 Å². The molecule has 0 unspecified atom stereocenters. The Bertz CT molecular complexity index is 855. The molecule has 0 bridgehead atoms. The van der Waals surface area contributed by atoms with Crippen molar-refractivity contribution in [3.05, 3.63) is 58.5 Å². The van der Waals surface area contributed by atoms with E-state index in [1.54, 1.807) is 42.6 Å². The lowest BCUT2D eigenvalue weighted by atomic mass is 10.2. The molecule has 6 nitrogen and oxygen atoms in total. The van der Waals surface area contributed by atoms with Crippen molar-refractivity contribution in [2.45, 2.75) is 29.5 Å². The van der Waals surface area contributed by atoms with Gasteiger partial charge in [-0.25, -0.2) is 8.42 Å². The van der Waals surface area contributed by atoms with Crippen LogP contribution in [0.3, 0.4) is 0 Å². The van der Waals surface area contributed by atoms with Crippen molar-refractivity contribution >= 4 is 15.5 Å². The van der Waals surface area contributed by atoms with Crippen LogP contribution in [0.5, 0.6) is 0 Å². The van der Waals surface area contributed by atoms with Crippen LogP contribution in [0.1, 0.15) is 18.4 Å². The van der Waals surface area contributed by atoms with Crippen molar-refractivity contribution in [1.82, 2.24) is 4.98 Å². The standard InChI is InChI=1S/C17H20N2O4S/c20-17-13(3-2-8-18-17)12-19-14-4-1-5-16(11-14)24(21,22)15-6-9-23-10-7-15/h1-5,8,11,15,19H,6-7,9-10,12H2,(H,18,20). The molecule has 1 aromatic heterocycles. The maximum absolute atomic E-state index is 12.7. The van der Waals surface area contributed by atoms with Gasteiger partial charge in [-0.1, -0.05) is 12.1 Å². The molecule has 2 aromatic rings. The molecule has 0 saturated carbocycles. The van der Waals surface area contributed by atoms with E-state index in [2.05, 4.69) is 10.3 Å². The summed E-state index contributed by atoms with van der Waals surface area (Å²) in [5, 5.41) is 2.72. The van der Waals surface area contributed by atoms with E-state index in [4.69, 9.17) is 4.74 Å². The molecule has 0 aliphatic carbocycles. The molecule has 0 atom stereocenters. The molecule has 0 spiro atoms. The molecule has 1 saturated heterocycles. The highest BCUT2D eigenvalue weighted by molar-refractivity contribution is 7.92. The molecule has 1 aromatic carbocycles. The number of benzene rings is 1. The number of rotatable bonds is 5. The Morgan fingerprint density at radius 1 is 1.17 bits per heavy atom. The summed E-state index contributed by atoms with van der Waals surface area (Å²) in [5.74, 6) is 0. The summed E-state index contributed by atoms with van der Waals surface area (Å²) < 4.78 is 30.7. The van der Waals surface area contributed by atoms with Crippen molar-refractivity contribution < 1.29 is 13.2 Å². The fourth-order valence-electron chi connectivity index (χ4n) is 2.75. The SMILES string of the molecule is O=c1[nH]cccc1CNc1cccc(S(=O)(=O)C2CCOCC2)c1. The van der Waals surface area contributed by atoms with Gasteiger partial charge >= 0.3 is 0 Å². The first-order chi connectivity index (χ1) is 11.6. The summed E-state index contributed by atoms with van der Waals surface area (Å²) in [6.07, 6.45) is 2.63. The molecule has 0 radical (unpaired) electrons. The molecule has 1 fully saturated rings. The molecule has 3 rings (SSSR count). The van der Waals surface area contributed by atoms with Gasteiger partial charge in [0.15, 0.2) is 9.84 Å². The second-order valence-corrected chi connectivity index (χ2v) is 7.99. The third kappa shape index (κ3) is 3.68. The van der Waals surface area contributed by atoms with Gasteiger partial charge < -0.3 is 15.0 Å². The number of ether oxygens (including phenoxy) is 1. The topological polar surface area (TPSA) is 88.3 Å². The third-order valence-electron chi connectivity index (χ3n) is 4.15. The number of pyridine rings is 1. The van der Waals surface area contributed by atoms with Crippen molar-refractivity contribution in [1.29, 1.82) is 0 Å². The third-order valence-corrected chi connectivity index (χ3v) is 6.41. The number of aromatic nitrogens is 1. The van der Waals surface area contributed by atoms with Gasteiger partial charge in [-0.05, 0) is 37.1 Å². The monoisotopic (exact) mass is 348 g/mol. The zero-order valence-electron chi connectivity index (χ0n) is 13.2. The van der Waals surface area contributed by atoms with E-state index in [1.807, 2.05) is 0 Å². The maximum atomic E-state index is 12.7. The Morgan fingerprint density at radius 3 is 2.71 bits per heavy atom. The average Bonchev–Trinajstić information content (AvgIpc) is 2.62. The largest absolute Gasteiger partial charge is 0.381 e. The van der Waals surface area contributed by atoms with Crippen LogP contribution in [0.15, 0.2) is 52.3 Å². The molecular formula is C17H20N2O4S. The predicted molar refractivity (Wildman–Crippen MR) is 91.9 cm³/mol. The number of sulfone groups is 1. The van der Waals surface area contributed by atoms with Crippen LogP contribution in [0.25, 0.3) is 0 Å². The van der Waals surface area contributed by atoms with Gasteiger partial charge in [-0.15, -0.1) is 0 Å². The minimum atomic E-state index is -3.36. The first-order valence-corrected chi connectivity index (χ1v) is 9.44. The smallest absolute Gasteiger partial charge is 0.252 e. The second-order valence-electron chi connectivity index (χ2n) is 5.76. The van der Waals surface area contributed by atoms with Crippen LogP contribution >= 0.6 is 0 Å². The van der Waals surface area contributed by atoms with Crippen LogP contribution in [0.2, 0.25) is 0 Å². The van der Waals surface area contributed by atoms with Gasteiger partial charge in [-0.3, -0.25) is 4.79 Å². The van der Waals surface area contributed by atoms with Crippen LogP contribution in [-0.2, 0) is 21.1 Å². The van der Waals surface area contributed by atoms with Gasteiger partial charge in [-0.2, -0.15) is 0 Å². The number of hydrogen-bond donors (Lipinski definition) is 2. The Hall–Kier alpha value is -2.12. The predicted octanol–water partition coefficient (Wildman–Crippen LogP) is 1.94. The first-order valence-electron chi connectivity index (χ1n) is 7.89. The zero-order chi connectivity index (χ0) is 17.0. The average molecular weight is 348 g/mol. The van der Waals surface area contributed by atoms with Gasteiger partial charge in [0.2, 0.25) is 0 Å². The second kappa shape index (κ2) is 7.19. The van der Waals surface area contributed by atoms with E-state index < -0.39 is 15.1 Å². The van der Waals surface area contributed by atoms with E-state index in [0.29, 0.717) is 48.7 Å². The first kappa shape index (κ1) is 16.7. The minimum Gasteiger partial charge on any atom is -0.381 e. The number of H-pyrrole nitrogens is 1. The van der Waals surface area contributed by atoms with Gasteiger partial charge in [0.1, 0.15) is 0 Å². The summed E-state index contributed by atoms with van der Waals surface area (Å²) >= 11 is 0. The highest BCUT2D eigenvalue weighted by Crippen LogP contribution is 2.25. The Labute approximate surface area is 140 Å². The molecule has 0 amide bonds. The van der Waals surface area contributed by atoms with Gasteiger partial charge in [0.25, 0.3) is 5.56 Å². The van der Waals surface area contributed by atoms with E-state index in [0.717, 1.165) is 0 Å². The molecule has 128 valence electrons. The summed E-state index contributed by atoms with van der Waals surface area (Å²) in [4.78, 5) is 14.6. The highest BCUT2D eigenvalue weighted by atomic mass is 32.2. The molecule has 1 aliphatic rings. The molecular weight excluding hydrogens is 328 g/mol. The lowest BCUT2D eigenvalue weighted by molar-refractivity contribution is 0.0983. The number of aromatic amines is 1. The molecule has 2 heterocycles. The number of nitrogens with one attached hydrogen (secondary N) is 2. The molecule has 1 aliphatic heterocycles. The van der Waals surface area contributed by atoms with Crippen molar-refractivity contribution in [2.24, 2.45) is 0 Å². The maximum Gasteiger partial charge on any atom is 0.252 e. The Kier molecular flexibility index (Phi) is 5.01. The molecule has 24 heavy (non-hydrogen) atoms. The van der Waals surface area contributed by atoms with E-state index >= 15 is 0 Å². The summed E-state index contributed by atoms with van der Waals surface area (Å²) in [6, 6.07) is 10.2. The van der Waals surface area contributed by atoms with E-state index in [-0.39, 0.29) is 5.56 Å². The summed E-state index contributed by atoms with van der Waals surface area (Å²) in [6.45, 7) is 1.30. The highest BCUT2D eigenvalue weighted by Gasteiger charge is 2.29. The lowest BCUT2D eigenvalue weighted by Gasteiger charge is -2.22. The summed E-state index contributed by atoms with van der Waals surface area (Å²) in [7, 11) is -3.36. The quantitative estimate of drug-likeness (QED) is 0.862. The Balaban J connectivity index is 1.76. The van der Waals surface area contributed by atoms with Crippen molar-refractivity contribution in [2.75, 3.05) is 18.5 Å². The molecule has 2 N–H and O–H groups in total.